The molecule has 0 aromatic carbocycles. The Bertz CT molecular complexity index is 492. The van der Waals surface area contributed by atoms with Crippen LogP contribution < -0.4 is 4.90 Å². The van der Waals surface area contributed by atoms with Crippen LogP contribution in [0.15, 0.2) is 12.1 Å². The van der Waals surface area contributed by atoms with Gasteiger partial charge in [0, 0.05) is 11.7 Å². The monoisotopic (exact) mass is 261 g/mol. The molecule has 0 atom stereocenters. The molecule has 0 radical (unpaired) electrons. The van der Waals surface area contributed by atoms with Crippen molar-refractivity contribution in [3.63, 3.8) is 0 Å². The van der Waals surface area contributed by atoms with E-state index in [1.54, 1.807) is 24.0 Å². The fraction of sp³-hybridized carbons (Fsp3) is 0.500. The molecular weight excluding hydrogens is 242 g/mol. The molecule has 0 bridgehead atoms. The topological polar surface area (TPSA) is 66.2 Å². The van der Waals surface area contributed by atoms with E-state index in [1.807, 2.05) is 20.8 Å². The number of aryl methyl sites for hydroxylation is 1. The lowest BCUT2D eigenvalue weighted by Crippen LogP contribution is -2.37. The molecular formula is C14H19N3O2. The second kappa shape index (κ2) is 6.74. The zero-order chi connectivity index (χ0) is 14.4. The smallest absolute Gasteiger partial charge is 0.325 e. The number of esters is 1. The van der Waals surface area contributed by atoms with E-state index in [-0.39, 0.29) is 18.6 Å². The molecule has 1 rings (SSSR count). The summed E-state index contributed by atoms with van der Waals surface area (Å²) in [7, 11) is 0. The zero-order valence-electron chi connectivity index (χ0n) is 11.8. The van der Waals surface area contributed by atoms with Gasteiger partial charge < -0.3 is 9.64 Å². The summed E-state index contributed by atoms with van der Waals surface area (Å²) in [6, 6.07) is 5.66. The van der Waals surface area contributed by atoms with Gasteiger partial charge in [-0.1, -0.05) is 0 Å². The molecule has 19 heavy (non-hydrogen) atoms. The third-order valence-electron chi connectivity index (χ3n) is 2.63. The van der Waals surface area contributed by atoms with Crippen LogP contribution in [-0.2, 0) is 9.53 Å². The predicted octanol–water partition coefficient (Wildman–Crippen LogP) is 2.04. The first-order valence-corrected chi connectivity index (χ1v) is 6.29. The van der Waals surface area contributed by atoms with Crippen LogP contribution in [0.1, 0.15) is 32.0 Å². The number of ether oxygens (including phenoxy) is 1. The highest BCUT2D eigenvalue weighted by Crippen LogP contribution is 2.20. The summed E-state index contributed by atoms with van der Waals surface area (Å²) in [6.45, 7) is 7.96. The van der Waals surface area contributed by atoms with Gasteiger partial charge >= 0.3 is 5.97 Å². The van der Waals surface area contributed by atoms with Gasteiger partial charge in [-0.05, 0) is 39.8 Å². The third kappa shape index (κ3) is 3.95. The molecule has 1 heterocycles. The average Bonchev–Trinajstić information content (AvgIpc) is 2.36. The zero-order valence-corrected chi connectivity index (χ0v) is 11.8. The van der Waals surface area contributed by atoms with Crippen molar-refractivity contribution in [3.8, 4) is 6.07 Å². The van der Waals surface area contributed by atoms with Crippen molar-refractivity contribution in [3.05, 3.63) is 23.4 Å². The van der Waals surface area contributed by atoms with E-state index in [2.05, 4.69) is 11.1 Å². The molecule has 5 nitrogen and oxygen atoms in total. The molecule has 0 unspecified atom stereocenters. The van der Waals surface area contributed by atoms with Crippen molar-refractivity contribution >= 4 is 11.8 Å². The number of hydrogen-bond donors (Lipinski definition) is 0. The Morgan fingerprint density at radius 3 is 2.74 bits per heavy atom. The average molecular weight is 261 g/mol. The van der Waals surface area contributed by atoms with Crippen LogP contribution in [0.25, 0.3) is 0 Å². The standard InChI is InChI=1S/C14H19N3O2/c1-5-19-13(18)9-17(10(2)3)14-12(8-15)7-6-11(4)16-14/h6-7,10H,5,9H2,1-4H3. The Kier molecular flexibility index (Phi) is 5.31. The van der Waals surface area contributed by atoms with Crippen molar-refractivity contribution in [1.29, 1.82) is 5.26 Å². The van der Waals surface area contributed by atoms with E-state index >= 15 is 0 Å². The van der Waals surface area contributed by atoms with Gasteiger partial charge in [0.05, 0.1) is 12.2 Å². The van der Waals surface area contributed by atoms with Crippen LogP contribution >= 0.6 is 0 Å². The number of aromatic nitrogens is 1. The largest absolute Gasteiger partial charge is 0.465 e. The van der Waals surface area contributed by atoms with E-state index in [1.165, 1.54) is 0 Å². The van der Waals surface area contributed by atoms with Crippen LogP contribution in [0, 0.1) is 18.3 Å². The number of carbonyl (C=O) groups is 1. The van der Waals surface area contributed by atoms with E-state index < -0.39 is 0 Å². The number of carbonyl (C=O) groups excluding carboxylic acids is 1. The Balaban J connectivity index is 3.09. The van der Waals surface area contributed by atoms with Gasteiger partial charge in [-0.25, -0.2) is 4.98 Å². The first-order chi connectivity index (χ1) is 8.99. The van der Waals surface area contributed by atoms with Crippen LogP contribution in [0.4, 0.5) is 5.82 Å². The van der Waals surface area contributed by atoms with E-state index in [9.17, 15) is 4.79 Å². The number of nitriles is 1. The Hall–Kier alpha value is -2.09. The molecule has 102 valence electrons. The molecule has 5 heteroatoms. The van der Waals surface area contributed by atoms with Crippen molar-refractivity contribution in [2.45, 2.75) is 33.7 Å². The maximum atomic E-state index is 11.6. The van der Waals surface area contributed by atoms with Crippen molar-refractivity contribution in [2.24, 2.45) is 0 Å². The highest BCUT2D eigenvalue weighted by molar-refractivity contribution is 5.76. The maximum absolute atomic E-state index is 11.6. The molecule has 0 spiro atoms. The van der Waals surface area contributed by atoms with E-state index in [4.69, 9.17) is 10.00 Å². The fourth-order valence-corrected chi connectivity index (χ4v) is 1.70. The SMILES string of the molecule is CCOC(=O)CN(c1nc(C)ccc1C#N)C(C)C. The number of hydrogen-bond acceptors (Lipinski definition) is 5. The first-order valence-electron chi connectivity index (χ1n) is 6.29. The molecule has 0 saturated carbocycles. The summed E-state index contributed by atoms with van der Waals surface area (Å²) in [6.07, 6.45) is 0. The van der Waals surface area contributed by atoms with Gasteiger partial charge in [0.25, 0.3) is 0 Å². The first kappa shape index (κ1) is 15.0. The second-order valence-electron chi connectivity index (χ2n) is 4.46. The molecule has 0 aliphatic heterocycles. The molecule has 0 aliphatic carbocycles. The number of anilines is 1. The minimum Gasteiger partial charge on any atom is -0.465 e. The molecule has 1 aromatic rings. The lowest BCUT2D eigenvalue weighted by Gasteiger charge is -2.27. The van der Waals surface area contributed by atoms with Gasteiger partial charge in [0.15, 0.2) is 0 Å². The minimum atomic E-state index is -0.316. The molecule has 0 amide bonds. The van der Waals surface area contributed by atoms with Gasteiger partial charge in [-0.3, -0.25) is 4.79 Å². The second-order valence-corrected chi connectivity index (χ2v) is 4.46. The van der Waals surface area contributed by atoms with Crippen LogP contribution in [0.5, 0.6) is 0 Å². The van der Waals surface area contributed by atoms with Crippen LogP contribution in [-0.4, -0.2) is 30.1 Å². The molecule has 0 aliphatic rings. The fourth-order valence-electron chi connectivity index (χ4n) is 1.70. The third-order valence-corrected chi connectivity index (χ3v) is 2.63. The lowest BCUT2D eigenvalue weighted by molar-refractivity contribution is -0.141. The number of pyridine rings is 1. The van der Waals surface area contributed by atoms with Crippen molar-refractivity contribution in [1.82, 2.24) is 4.98 Å². The summed E-state index contributed by atoms with van der Waals surface area (Å²) in [5.41, 5.74) is 1.27. The highest BCUT2D eigenvalue weighted by Gasteiger charge is 2.20. The summed E-state index contributed by atoms with van der Waals surface area (Å²) >= 11 is 0. The molecule has 0 saturated heterocycles. The summed E-state index contributed by atoms with van der Waals surface area (Å²) in [5, 5.41) is 9.14. The molecule has 0 fully saturated rings. The lowest BCUT2D eigenvalue weighted by atomic mass is 10.2. The van der Waals surface area contributed by atoms with Gasteiger partial charge in [-0.2, -0.15) is 5.26 Å². The Morgan fingerprint density at radius 1 is 1.53 bits per heavy atom. The van der Waals surface area contributed by atoms with Gasteiger partial charge in [0.2, 0.25) is 0 Å². The van der Waals surface area contributed by atoms with Crippen molar-refractivity contribution in [2.75, 3.05) is 18.1 Å². The number of rotatable bonds is 5. The van der Waals surface area contributed by atoms with Gasteiger partial charge in [0.1, 0.15) is 18.4 Å². The predicted molar refractivity (Wildman–Crippen MR) is 72.8 cm³/mol. The molecule has 0 N–H and O–H groups in total. The summed E-state index contributed by atoms with van der Waals surface area (Å²) in [4.78, 5) is 17.8. The van der Waals surface area contributed by atoms with Gasteiger partial charge in [-0.15, -0.1) is 0 Å². The Morgan fingerprint density at radius 2 is 2.21 bits per heavy atom. The maximum Gasteiger partial charge on any atom is 0.325 e. The van der Waals surface area contributed by atoms with E-state index in [0.717, 1.165) is 5.69 Å². The summed E-state index contributed by atoms with van der Waals surface area (Å²) in [5.74, 6) is 0.217. The quantitative estimate of drug-likeness (QED) is 0.759. The highest BCUT2D eigenvalue weighted by atomic mass is 16.5. The van der Waals surface area contributed by atoms with Crippen molar-refractivity contribution < 1.29 is 9.53 Å². The number of nitrogens with zero attached hydrogens (tertiary/aromatic N) is 3. The Labute approximate surface area is 113 Å². The summed E-state index contributed by atoms with van der Waals surface area (Å²) < 4.78 is 4.96. The van der Waals surface area contributed by atoms with E-state index in [0.29, 0.717) is 18.0 Å². The van der Waals surface area contributed by atoms with Crippen LogP contribution in [0.2, 0.25) is 0 Å². The van der Waals surface area contributed by atoms with Crippen LogP contribution in [0.3, 0.4) is 0 Å². The normalized spacial score (nSPS) is 10.1. The minimum absolute atomic E-state index is 0.0470. The molecule has 1 aromatic heterocycles.